The maximum absolute atomic E-state index is 12.9. The van der Waals surface area contributed by atoms with Gasteiger partial charge in [0.1, 0.15) is 5.82 Å². The number of aromatic nitrogens is 1. The van der Waals surface area contributed by atoms with Crippen molar-refractivity contribution in [2.24, 2.45) is 0 Å². The zero-order valence-electron chi connectivity index (χ0n) is 14.6. The van der Waals surface area contributed by atoms with Crippen LogP contribution in [0.3, 0.4) is 0 Å². The van der Waals surface area contributed by atoms with Crippen LogP contribution >= 0.6 is 0 Å². The molecule has 2 aromatic rings. The summed E-state index contributed by atoms with van der Waals surface area (Å²) < 4.78 is 28.4. The molecule has 23 heavy (non-hydrogen) atoms. The van der Waals surface area contributed by atoms with Gasteiger partial charge in [0.15, 0.2) is 0 Å². The first-order chi connectivity index (χ1) is 10.7. The van der Waals surface area contributed by atoms with Crippen molar-refractivity contribution < 1.29 is 8.42 Å². The summed E-state index contributed by atoms with van der Waals surface area (Å²) in [6, 6.07) is 5.37. The fourth-order valence-electron chi connectivity index (χ4n) is 2.79. The number of rotatable bonds is 4. The predicted octanol–water partition coefficient (Wildman–Crippen LogP) is 3.99. The normalized spacial score (nSPS) is 11.6. The Morgan fingerprint density at radius 1 is 0.913 bits per heavy atom. The molecule has 0 amide bonds. The fourth-order valence-corrected chi connectivity index (χ4v) is 4.39. The molecule has 1 N–H and O–H groups in total. The molecule has 1 heterocycles. The molecule has 0 saturated heterocycles. The fraction of sp³-hybridized carbons (Fsp3) is 0.389. The summed E-state index contributed by atoms with van der Waals surface area (Å²) >= 11 is 0. The van der Waals surface area contributed by atoms with Crippen LogP contribution in [0.25, 0.3) is 0 Å². The van der Waals surface area contributed by atoms with Crippen LogP contribution in [0.1, 0.15) is 40.4 Å². The molecule has 1 aromatic carbocycles. The summed E-state index contributed by atoms with van der Waals surface area (Å²) in [6.07, 6.45) is 0.760. The molecule has 0 atom stereocenters. The van der Waals surface area contributed by atoms with Gasteiger partial charge in [-0.2, -0.15) is 0 Å². The topological polar surface area (TPSA) is 59.1 Å². The van der Waals surface area contributed by atoms with Gasteiger partial charge in [0, 0.05) is 5.69 Å². The highest BCUT2D eigenvalue weighted by Crippen LogP contribution is 2.30. The Morgan fingerprint density at radius 2 is 1.43 bits per heavy atom. The number of benzene rings is 1. The highest BCUT2D eigenvalue weighted by atomic mass is 32.2. The third kappa shape index (κ3) is 3.24. The zero-order chi connectivity index (χ0) is 17.4. The smallest absolute Gasteiger partial charge is 0.263 e. The van der Waals surface area contributed by atoms with Crippen LogP contribution in [0.5, 0.6) is 0 Å². The molecule has 0 fully saturated rings. The van der Waals surface area contributed by atoms with E-state index in [2.05, 4.69) is 9.71 Å². The summed E-state index contributed by atoms with van der Waals surface area (Å²) in [5.41, 5.74) is 5.63. The second-order valence-electron chi connectivity index (χ2n) is 5.93. The van der Waals surface area contributed by atoms with Gasteiger partial charge in [0.05, 0.1) is 4.90 Å². The van der Waals surface area contributed by atoms with Crippen LogP contribution in [0.15, 0.2) is 23.1 Å². The minimum Gasteiger partial charge on any atom is -0.263 e. The molecule has 4 nitrogen and oxygen atoms in total. The number of pyridine rings is 1. The molecule has 5 heteroatoms. The van der Waals surface area contributed by atoms with Gasteiger partial charge in [-0.1, -0.05) is 13.0 Å². The Bertz CT molecular complexity index is 827. The van der Waals surface area contributed by atoms with Gasteiger partial charge in [0.25, 0.3) is 10.0 Å². The molecule has 0 aliphatic rings. The molecule has 0 radical (unpaired) electrons. The summed E-state index contributed by atoms with van der Waals surface area (Å²) in [5.74, 6) is 0.360. The van der Waals surface area contributed by atoms with Gasteiger partial charge in [-0.3, -0.25) is 4.72 Å². The number of anilines is 1. The molecule has 124 valence electrons. The molecular weight excluding hydrogens is 308 g/mol. The molecule has 2 rings (SSSR count). The summed E-state index contributed by atoms with van der Waals surface area (Å²) in [7, 11) is -3.67. The zero-order valence-corrected chi connectivity index (χ0v) is 15.4. The van der Waals surface area contributed by atoms with Crippen LogP contribution in [-0.2, 0) is 16.4 Å². The van der Waals surface area contributed by atoms with Crippen molar-refractivity contribution in [2.45, 2.75) is 52.9 Å². The lowest BCUT2D eigenvalue weighted by Crippen LogP contribution is -2.18. The summed E-state index contributed by atoms with van der Waals surface area (Å²) in [4.78, 5) is 4.70. The molecule has 0 aliphatic heterocycles. The highest BCUT2D eigenvalue weighted by Gasteiger charge is 2.24. The highest BCUT2D eigenvalue weighted by molar-refractivity contribution is 7.92. The van der Waals surface area contributed by atoms with Crippen LogP contribution in [0, 0.1) is 34.6 Å². The predicted molar refractivity (Wildman–Crippen MR) is 94.6 cm³/mol. The lowest BCUT2D eigenvalue weighted by atomic mass is 9.95. The Kier molecular flexibility index (Phi) is 4.80. The average molecular weight is 332 g/mol. The third-order valence-corrected chi connectivity index (χ3v) is 6.24. The first kappa shape index (κ1) is 17.5. The average Bonchev–Trinajstić information content (AvgIpc) is 2.50. The van der Waals surface area contributed by atoms with E-state index in [-0.39, 0.29) is 0 Å². The van der Waals surface area contributed by atoms with Gasteiger partial charge >= 0.3 is 0 Å². The van der Waals surface area contributed by atoms with E-state index in [0.29, 0.717) is 10.7 Å². The van der Waals surface area contributed by atoms with Crippen molar-refractivity contribution in [2.75, 3.05) is 4.72 Å². The van der Waals surface area contributed by atoms with E-state index in [1.54, 1.807) is 6.07 Å². The number of nitrogens with zero attached hydrogens (tertiary/aromatic N) is 1. The SMILES string of the molecule is CCc1cccc(NS(=O)(=O)c2c(C)c(C)c(C)c(C)c2C)n1. The van der Waals surface area contributed by atoms with Crippen molar-refractivity contribution >= 4 is 15.8 Å². The second-order valence-corrected chi connectivity index (χ2v) is 7.55. The van der Waals surface area contributed by atoms with Crippen LogP contribution in [0.4, 0.5) is 5.82 Å². The maximum Gasteiger partial charge on any atom is 0.263 e. The van der Waals surface area contributed by atoms with E-state index >= 15 is 0 Å². The Morgan fingerprint density at radius 3 is 1.96 bits per heavy atom. The van der Waals surface area contributed by atoms with Gasteiger partial charge in [-0.05, 0) is 81.0 Å². The van der Waals surface area contributed by atoms with E-state index in [4.69, 9.17) is 0 Å². The van der Waals surface area contributed by atoms with E-state index < -0.39 is 10.0 Å². The number of nitrogens with one attached hydrogen (secondary N) is 1. The van der Waals surface area contributed by atoms with Gasteiger partial charge in [-0.25, -0.2) is 13.4 Å². The Labute approximate surface area is 139 Å². The molecular formula is C18H24N2O2S. The van der Waals surface area contributed by atoms with Crippen molar-refractivity contribution in [1.82, 2.24) is 4.98 Å². The number of sulfonamides is 1. The molecule has 0 saturated carbocycles. The van der Waals surface area contributed by atoms with Gasteiger partial charge < -0.3 is 0 Å². The van der Waals surface area contributed by atoms with E-state index in [1.807, 2.05) is 53.7 Å². The monoisotopic (exact) mass is 332 g/mol. The summed E-state index contributed by atoms with van der Waals surface area (Å²) in [6.45, 7) is 11.7. The number of hydrogen-bond acceptors (Lipinski definition) is 3. The van der Waals surface area contributed by atoms with Crippen molar-refractivity contribution in [3.05, 3.63) is 51.7 Å². The Balaban J connectivity index is 2.56. The molecule has 0 bridgehead atoms. The first-order valence-corrected chi connectivity index (χ1v) is 9.23. The minimum atomic E-state index is -3.67. The second kappa shape index (κ2) is 6.32. The van der Waals surface area contributed by atoms with E-state index in [0.717, 1.165) is 39.9 Å². The Hall–Kier alpha value is -1.88. The molecule has 0 spiro atoms. The quantitative estimate of drug-likeness (QED) is 0.921. The molecule has 0 aliphatic carbocycles. The number of aryl methyl sites for hydroxylation is 1. The lowest BCUT2D eigenvalue weighted by molar-refractivity contribution is 0.599. The summed E-state index contributed by atoms with van der Waals surface area (Å²) in [5, 5.41) is 0. The minimum absolute atomic E-state index is 0.360. The lowest BCUT2D eigenvalue weighted by Gasteiger charge is -2.19. The third-order valence-electron chi connectivity index (χ3n) is 4.61. The largest absolute Gasteiger partial charge is 0.263 e. The van der Waals surface area contributed by atoms with Crippen molar-refractivity contribution in [1.29, 1.82) is 0 Å². The maximum atomic E-state index is 12.9. The van der Waals surface area contributed by atoms with E-state index in [1.165, 1.54) is 0 Å². The van der Waals surface area contributed by atoms with Crippen molar-refractivity contribution in [3.63, 3.8) is 0 Å². The van der Waals surface area contributed by atoms with Gasteiger partial charge in [0.2, 0.25) is 0 Å². The van der Waals surface area contributed by atoms with Gasteiger partial charge in [-0.15, -0.1) is 0 Å². The molecule has 1 aromatic heterocycles. The van der Waals surface area contributed by atoms with Crippen LogP contribution in [0.2, 0.25) is 0 Å². The van der Waals surface area contributed by atoms with E-state index in [9.17, 15) is 8.42 Å². The molecule has 0 unspecified atom stereocenters. The van der Waals surface area contributed by atoms with Crippen LogP contribution < -0.4 is 4.72 Å². The van der Waals surface area contributed by atoms with Crippen molar-refractivity contribution in [3.8, 4) is 0 Å². The number of hydrogen-bond donors (Lipinski definition) is 1. The van der Waals surface area contributed by atoms with Crippen LogP contribution in [-0.4, -0.2) is 13.4 Å². The standard InChI is InChI=1S/C18H24N2O2S/c1-7-16-9-8-10-17(19-16)20-23(21,22)18-14(5)12(3)11(2)13(4)15(18)6/h8-10H,7H2,1-6H3,(H,19,20). The first-order valence-electron chi connectivity index (χ1n) is 7.74.